The predicted molar refractivity (Wildman–Crippen MR) is 48.0 cm³/mol. The highest BCUT2D eigenvalue weighted by molar-refractivity contribution is 5.82. The summed E-state index contributed by atoms with van der Waals surface area (Å²) in [4.78, 5) is 11.8. The van der Waals surface area contributed by atoms with Gasteiger partial charge in [0.15, 0.2) is 0 Å². The van der Waals surface area contributed by atoms with Crippen molar-refractivity contribution in [1.82, 2.24) is 0 Å². The van der Waals surface area contributed by atoms with E-state index in [-0.39, 0.29) is 11.4 Å². The molecule has 0 aromatic rings. The molecule has 0 aromatic heterocycles. The van der Waals surface area contributed by atoms with E-state index in [0.29, 0.717) is 18.4 Å². The molecule has 3 fully saturated rings. The van der Waals surface area contributed by atoms with Crippen LogP contribution in [-0.2, 0) is 9.53 Å². The fourth-order valence-electron chi connectivity index (χ4n) is 3.88. The molecule has 2 bridgehead atoms. The first kappa shape index (κ1) is 7.84. The topological polar surface area (TPSA) is 26.3 Å². The van der Waals surface area contributed by atoms with Gasteiger partial charge in [-0.2, -0.15) is 0 Å². The van der Waals surface area contributed by atoms with Crippen LogP contribution in [0.15, 0.2) is 0 Å². The van der Waals surface area contributed by atoms with E-state index in [1.54, 1.807) is 0 Å². The molecule has 3 saturated carbocycles. The Morgan fingerprint density at radius 2 is 2.38 bits per heavy atom. The first-order valence-corrected chi connectivity index (χ1v) is 5.46. The van der Waals surface area contributed by atoms with E-state index in [1.807, 2.05) is 6.92 Å². The zero-order valence-corrected chi connectivity index (χ0v) is 8.08. The van der Waals surface area contributed by atoms with Gasteiger partial charge in [0, 0.05) is 0 Å². The van der Waals surface area contributed by atoms with Gasteiger partial charge >= 0.3 is 5.97 Å². The van der Waals surface area contributed by atoms with Gasteiger partial charge < -0.3 is 4.74 Å². The smallest absolute Gasteiger partial charge is 0.312 e. The van der Waals surface area contributed by atoms with Crippen LogP contribution in [0.25, 0.3) is 0 Å². The van der Waals surface area contributed by atoms with E-state index in [9.17, 15) is 4.79 Å². The van der Waals surface area contributed by atoms with Crippen molar-refractivity contribution in [3.05, 3.63) is 0 Å². The number of ether oxygens (including phenoxy) is 1. The molecule has 0 aromatic carbocycles. The molecule has 2 heteroatoms. The van der Waals surface area contributed by atoms with E-state index in [4.69, 9.17) is 4.74 Å². The van der Waals surface area contributed by atoms with E-state index >= 15 is 0 Å². The molecule has 0 saturated heterocycles. The predicted octanol–water partition coefficient (Wildman–Crippen LogP) is 1.99. The van der Waals surface area contributed by atoms with Gasteiger partial charge in [-0.1, -0.05) is 0 Å². The summed E-state index contributed by atoms with van der Waals surface area (Å²) in [6.45, 7) is 2.45. The third-order valence-electron chi connectivity index (χ3n) is 4.49. The number of carbonyl (C=O) groups excluding carboxylic acids is 1. The standard InChI is InChI=1S/C11H16O2/c1-2-13-10(12)11-6-9(11)7-3-4-8(11)5-7/h7-9H,2-6H2,1H3/t7?,8?,9-,11+/m0/s1. The van der Waals surface area contributed by atoms with Crippen molar-refractivity contribution in [2.24, 2.45) is 23.2 Å². The average molecular weight is 180 g/mol. The Morgan fingerprint density at radius 3 is 3.00 bits per heavy atom. The maximum Gasteiger partial charge on any atom is 0.312 e. The monoisotopic (exact) mass is 180 g/mol. The van der Waals surface area contributed by atoms with Crippen molar-refractivity contribution >= 4 is 5.97 Å². The van der Waals surface area contributed by atoms with E-state index in [2.05, 4.69) is 0 Å². The number of esters is 1. The average Bonchev–Trinajstić information content (AvgIpc) is 2.64. The lowest BCUT2D eigenvalue weighted by molar-refractivity contribution is -0.152. The Balaban J connectivity index is 1.82. The molecule has 0 spiro atoms. The van der Waals surface area contributed by atoms with Gasteiger partial charge in [0.2, 0.25) is 0 Å². The second-order valence-corrected chi connectivity index (χ2v) is 4.84. The van der Waals surface area contributed by atoms with E-state index in [1.165, 1.54) is 19.3 Å². The number of fused-ring (bicyclic) bond motifs is 5. The fourth-order valence-corrected chi connectivity index (χ4v) is 3.88. The van der Waals surface area contributed by atoms with Crippen LogP contribution in [0.5, 0.6) is 0 Å². The highest BCUT2D eigenvalue weighted by Gasteiger charge is 2.73. The second-order valence-electron chi connectivity index (χ2n) is 4.84. The maximum absolute atomic E-state index is 11.8. The van der Waals surface area contributed by atoms with Gasteiger partial charge in [0.1, 0.15) is 0 Å². The lowest BCUT2D eigenvalue weighted by Gasteiger charge is -2.20. The number of hydrogen-bond acceptors (Lipinski definition) is 2. The molecular formula is C11H16O2. The van der Waals surface area contributed by atoms with E-state index in [0.717, 1.165) is 12.3 Å². The molecule has 2 unspecified atom stereocenters. The van der Waals surface area contributed by atoms with Crippen molar-refractivity contribution in [3.8, 4) is 0 Å². The van der Waals surface area contributed by atoms with Crippen LogP contribution < -0.4 is 0 Å². The maximum atomic E-state index is 11.8. The number of hydrogen-bond donors (Lipinski definition) is 0. The Labute approximate surface area is 78.6 Å². The molecule has 3 aliphatic rings. The summed E-state index contributed by atoms with van der Waals surface area (Å²) in [5.74, 6) is 2.38. The van der Waals surface area contributed by atoms with Crippen LogP contribution in [-0.4, -0.2) is 12.6 Å². The number of carbonyl (C=O) groups is 1. The lowest BCUT2D eigenvalue weighted by Crippen LogP contribution is -2.26. The molecule has 3 aliphatic carbocycles. The van der Waals surface area contributed by atoms with Crippen molar-refractivity contribution in [1.29, 1.82) is 0 Å². The first-order chi connectivity index (χ1) is 6.29. The van der Waals surface area contributed by atoms with E-state index < -0.39 is 0 Å². The molecule has 0 amide bonds. The molecule has 4 atom stereocenters. The molecule has 2 nitrogen and oxygen atoms in total. The molecule has 0 heterocycles. The molecule has 3 rings (SSSR count). The largest absolute Gasteiger partial charge is 0.466 e. The third kappa shape index (κ3) is 0.773. The summed E-state index contributed by atoms with van der Waals surface area (Å²) in [6.07, 6.45) is 5.10. The van der Waals surface area contributed by atoms with Crippen molar-refractivity contribution < 1.29 is 9.53 Å². The van der Waals surface area contributed by atoms with Crippen LogP contribution in [0.1, 0.15) is 32.6 Å². The highest BCUT2D eigenvalue weighted by atomic mass is 16.5. The highest BCUT2D eigenvalue weighted by Crippen LogP contribution is 2.74. The molecule has 72 valence electrons. The minimum atomic E-state index is 0.0267. The molecular weight excluding hydrogens is 164 g/mol. The van der Waals surface area contributed by atoms with Crippen LogP contribution in [0, 0.1) is 23.2 Å². The Morgan fingerprint density at radius 1 is 1.54 bits per heavy atom. The number of rotatable bonds is 2. The van der Waals surface area contributed by atoms with Crippen molar-refractivity contribution in [3.63, 3.8) is 0 Å². The summed E-state index contributed by atoms with van der Waals surface area (Å²) >= 11 is 0. The Hall–Kier alpha value is -0.530. The molecule has 0 radical (unpaired) electrons. The van der Waals surface area contributed by atoms with Gasteiger partial charge in [-0.3, -0.25) is 4.79 Å². The zero-order chi connectivity index (χ0) is 9.05. The van der Waals surface area contributed by atoms with Gasteiger partial charge in [0.05, 0.1) is 12.0 Å². The second kappa shape index (κ2) is 2.28. The Bertz CT molecular complexity index is 261. The summed E-state index contributed by atoms with van der Waals surface area (Å²) in [5, 5.41) is 0. The van der Waals surface area contributed by atoms with Crippen LogP contribution in [0.4, 0.5) is 0 Å². The summed E-state index contributed by atoms with van der Waals surface area (Å²) in [7, 11) is 0. The normalized spacial score (nSPS) is 50.4. The van der Waals surface area contributed by atoms with Gasteiger partial charge in [-0.15, -0.1) is 0 Å². The Kier molecular flexibility index (Phi) is 1.38. The van der Waals surface area contributed by atoms with Crippen molar-refractivity contribution in [2.75, 3.05) is 6.61 Å². The third-order valence-corrected chi connectivity index (χ3v) is 4.49. The van der Waals surface area contributed by atoms with Crippen LogP contribution in [0.3, 0.4) is 0 Å². The lowest BCUT2D eigenvalue weighted by atomic mass is 9.87. The quantitative estimate of drug-likeness (QED) is 0.607. The van der Waals surface area contributed by atoms with Crippen molar-refractivity contribution in [2.45, 2.75) is 32.6 Å². The first-order valence-electron chi connectivity index (χ1n) is 5.46. The van der Waals surface area contributed by atoms with Crippen LogP contribution in [0.2, 0.25) is 0 Å². The summed E-state index contributed by atoms with van der Waals surface area (Å²) in [5.41, 5.74) is 0.0267. The summed E-state index contributed by atoms with van der Waals surface area (Å²) in [6, 6.07) is 0. The molecule has 0 aliphatic heterocycles. The van der Waals surface area contributed by atoms with Gasteiger partial charge in [-0.05, 0) is 50.4 Å². The zero-order valence-electron chi connectivity index (χ0n) is 8.08. The molecule has 13 heavy (non-hydrogen) atoms. The van der Waals surface area contributed by atoms with Gasteiger partial charge in [-0.25, -0.2) is 0 Å². The minimum absolute atomic E-state index is 0.0267. The SMILES string of the molecule is CCOC(=O)[C@@]12C[C@H]1C1CCC2C1. The van der Waals surface area contributed by atoms with Crippen LogP contribution >= 0.6 is 0 Å². The summed E-state index contributed by atoms with van der Waals surface area (Å²) < 4.78 is 5.18. The fraction of sp³-hybridized carbons (Fsp3) is 0.909. The minimum Gasteiger partial charge on any atom is -0.466 e. The van der Waals surface area contributed by atoms with Gasteiger partial charge in [0.25, 0.3) is 0 Å². The molecule has 0 N–H and O–H groups in total.